The van der Waals surface area contributed by atoms with Crippen LogP contribution in [0.2, 0.25) is 0 Å². The number of hydrogen-bond donors (Lipinski definition) is 1. The van der Waals surface area contributed by atoms with Crippen LogP contribution in [0.5, 0.6) is 0 Å². The highest BCUT2D eigenvalue weighted by atomic mass is 15.2. The fraction of sp³-hybridized carbons (Fsp3) is 0.750. The Morgan fingerprint density at radius 3 is 2.93 bits per heavy atom. The predicted molar refractivity (Wildman–Crippen MR) is 61.7 cm³/mol. The minimum Gasteiger partial charge on any atom is -0.314 e. The first-order chi connectivity index (χ1) is 7.28. The normalized spacial score (nSPS) is 18.0. The zero-order valence-corrected chi connectivity index (χ0v) is 9.74. The van der Waals surface area contributed by atoms with Gasteiger partial charge in [0.05, 0.1) is 5.69 Å². The van der Waals surface area contributed by atoms with Gasteiger partial charge in [0.15, 0.2) is 0 Å². The van der Waals surface area contributed by atoms with E-state index in [1.54, 1.807) is 0 Å². The van der Waals surface area contributed by atoms with Crippen molar-refractivity contribution in [3.63, 3.8) is 0 Å². The molecule has 0 aromatic carbocycles. The quantitative estimate of drug-likeness (QED) is 0.770. The molecule has 0 spiro atoms. The van der Waals surface area contributed by atoms with Crippen LogP contribution < -0.4 is 5.32 Å². The summed E-state index contributed by atoms with van der Waals surface area (Å²) in [5.41, 5.74) is 1.21. The molecule has 15 heavy (non-hydrogen) atoms. The molecule has 1 aliphatic rings. The maximum atomic E-state index is 4.44. The second-order valence-corrected chi connectivity index (χ2v) is 4.62. The summed E-state index contributed by atoms with van der Waals surface area (Å²) >= 11 is 0. The average molecular weight is 207 g/mol. The van der Waals surface area contributed by atoms with E-state index in [9.17, 15) is 0 Å². The van der Waals surface area contributed by atoms with Gasteiger partial charge in [-0.3, -0.25) is 4.68 Å². The van der Waals surface area contributed by atoms with E-state index in [4.69, 9.17) is 0 Å². The molecule has 0 aliphatic heterocycles. The van der Waals surface area contributed by atoms with E-state index < -0.39 is 0 Å². The minimum atomic E-state index is 0.623. The van der Waals surface area contributed by atoms with Crippen molar-refractivity contribution in [1.29, 1.82) is 0 Å². The maximum Gasteiger partial charge on any atom is 0.0640 e. The molecule has 1 aromatic rings. The third-order valence-corrected chi connectivity index (χ3v) is 3.03. The summed E-state index contributed by atoms with van der Waals surface area (Å²) in [5, 5.41) is 8.00. The Hall–Kier alpha value is -0.830. The van der Waals surface area contributed by atoms with Gasteiger partial charge in [0.1, 0.15) is 0 Å². The van der Waals surface area contributed by atoms with Gasteiger partial charge in [-0.05, 0) is 24.9 Å². The van der Waals surface area contributed by atoms with E-state index in [0.29, 0.717) is 6.04 Å². The number of hydrogen-bond acceptors (Lipinski definition) is 2. The van der Waals surface area contributed by atoms with Gasteiger partial charge in [0.2, 0.25) is 0 Å². The fourth-order valence-electron chi connectivity index (χ4n) is 2.11. The minimum absolute atomic E-state index is 0.623. The lowest BCUT2D eigenvalue weighted by Gasteiger charge is -2.16. The number of aryl methyl sites for hydroxylation is 1. The molecule has 1 aromatic heterocycles. The molecule has 1 saturated carbocycles. The van der Waals surface area contributed by atoms with Crippen molar-refractivity contribution in [3.05, 3.63) is 18.0 Å². The number of nitrogens with one attached hydrogen (secondary N) is 1. The summed E-state index contributed by atoms with van der Waals surface area (Å²) in [7, 11) is 1.98. The Bertz CT molecular complexity index is 302. The Labute approximate surface area is 91.9 Å². The van der Waals surface area contributed by atoms with Gasteiger partial charge in [0.25, 0.3) is 0 Å². The number of nitrogens with zero attached hydrogens (tertiary/aromatic N) is 2. The van der Waals surface area contributed by atoms with Crippen molar-refractivity contribution in [2.45, 2.75) is 38.6 Å². The van der Waals surface area contributed by atoms with Crippen molar-refractivity contribution in [3.8, 4) is 0 Å². The van der Waals surface area contributed by atoms with Crippen molar-refractivity contribution < 1.29 is 0 Å². The van der Waals surface area contributed by atoms with Crippen LogP contribution >= 0.6 is 0 Å². The van der Waals surface area contributed by atoms with E-state index in [1.807, 2.05) is 17.9 Å². The molecule has 0 amide bonds. The van der Waals surface area contributed by atoms with Crippen molar-refractivity contribution in [2.75, 3.05) is 6.54 Å². The second kappa shape index (κ2) is 4.79. The van der Waals surface area contributed by atoms with Crippen LogP contribution in [0, 0.1) is 5.92 Å². The number of rotatable bonds is 6. The van der Waals surface area contributed by atoms with Crippen molar-refractivity contribution >= 4 is 0 Å². The zero-order valence-electron chi connectivity index (χ0n) is 9.74. The molecule has 0 saturated heterocycles. The summed E-state index contributed by atoms with van der Waals surface area (Å²) in [6.45, 7) is 3.24. The highest BCUT2D eigenvalue weighted by molar-refractivity contribution is 5.01. The third-order valence-electron chi connectivity index (χ3n) is 3.03. The second-order valence-electron chi connectivity index (χ2n) is 4.62. The SMILES string of the molecule is CCNC(Cc1ccn(C)n1)CC1CC1. The van der Waals surface area contributed by atoms with E-state index in [0.717, 1.165) is 18.9 Å². The first-order valence-electron chi connectivity index (χ1n) is 6.00. The third kappa shape index (κ3) is 3.34. The smallest absolute Gasteiger partial charge is 0.0640 e. The lowest BCUT2D eigenvalue weighted by molar-refractivity contribution is 0.460. The molecular formula is C12H21N3. The molecule has 2 rings (SSSR count). The molecule has 0 radical (unpaired) electrons. The molecule has 3 heteroatoms. The van der Waals surface area contributed by atoms with Gasteiger partial charge in [-0.1, -0.05) is 19.8 Å². The summed E-state index contributed by atoms with van der Waals surface area (Å²) in [6.07, 6.45) is 7.29. The molecule has 3 nitrogen and oxygen atoms in total. The fourth-order valence-corrected chi connectivity index (χ4v) is 2.11. The van der Waals surface area contributed by atoms with Crippen molar-refractivity contribution in [1.82, 2.24) is 15.1 Å². The first-order valence-corrected chi connectivity index (χ1v) is 6.00. The van der Waals surface area contributed by atoms with Crippen LogP contribution in [0.25, 0.3) is 0 Å². The average Bonchev–Trinajstić information content (AvgIpc) is 2.90. The van der Waals surface area contributed by atoms with Crippen LogP contribution in [-0.4, -0.2) is 22.4 Å². The standard InChI is InChI=1S/C12H21N3/c1-3-13-12(8-10-4-5-10)9-11-6-7-15(2)14-11/h6-7,10,12-13H,3-5,8-9H2,1-2H3. The Kier molecular flexibility index (Phi) is 3.41. The van der Waals surface area contributed by atoms with E-state index in [1.165, 1.54) is 25.0 Å². The summed E-state index contributed by atoms with van der Waals surface area (Å²) < 4.78 is 1.88. The monoisotopic (exact) mass is 207 g/mol. The first kappa shape index (κ1) is 10.7. The maximum absolute atomic E-state index is 4.44. The topological polar surface area (TPSA) is 29.9 Å². The molecule has 0 bridgehead atoms. The van der Waals surface area contributed by atoms with Gasteiger partial charge in [-0.2, -0.15) is 5.10 Å². The van der Waals surface area contributed by atoms with Crippen LogP contribution in [0.3, 0.4) is 0 Å². The molecule has 1 fully saturated rings. The van der Waals surface area contributed by atoms with E-state index >= 15 is 0 Å². The van der Waals surface area contributed by atoms with Crippen LogP contribution in [0.15, 0.2) is 12.3 Å². The molecule has 1 heterocycles. The number of likely N-dealkylation sites (N-methyl/N-ethyl adjacent to an activating group) is 1. The molecule has 84 valence electrons. The Morgan fingerprint density at radius 2 is 2.40 bits per heavy atom. The van der Waals surface area contributed by atoms with Crippen LogP contribution in [0.4, 0.5) is 0 Å². The Balaban J connectivity index is 1.86. The molecule has 1 unspecified atom stereocenters. The predicted octanol–water partition coefficient (Wildman–Crippen LogP) is 1.74. The summed E-state index contributed by atoms with van der Waals surface area (Å²) in [5.74, 6) is 0.984. The van der Waals surface area contributed by atoms with E-state index in [2.05, 4.69) is 23.4 Å². The van der Waals surface area contributed by atoms with Gasteiger partial charge in [0, 0.05) is 25.7 Å². The lowest BCUT2D eigenvalue weighted by atomic mass is 10.1. The van der Waals surface area contributed by atoms with Crippen molar-refractivity contribution in [2.24, 2.45) is 13.0 Å². The van der Waals surface area contributed by atoms with E-state index in [-0.39, 0.29) is 0 Å². The molecule has 1 atom stereocenters. The molecule has 1 aliphatic carbocycles. The van der Waals surface area contributed by atoms with Crippen LogP contribution in [0.1, 0.15) is 31.9 Å². The highest BCUT2D eigenvalue weighted by Gasteiger charge is 2.25. The summed E-state index contributed by atoms with van der Waals surface area (Å²) in [4.78, 5) is 0. The van der Waals surface area contributed by atoms with Gasteiger partial charge < -0.3 is 5.32 Å². The lowest BCUT2D eigenvalue weighted by Crippen LogP contribution is -2.31. The molecular weight excluding hydrogens is 186 g/mol. The largest absolute Gasteiger partial charge is 0.314 e. The zero-order chi connectivity index (χ0) is 10.7. The van der Waals surface area contributed by atoms with Gasteiger partial charge >= 0.3 is 0 Å². The Morgan fingerprint density at radius 1 is 1.60 bits per heavy atom. The van der Waals surface area contributed by atoms with Gasteiger partial charge in [-0.15, -0.1) is 0 Å². The van der Waals surface area contributed by atoms with Gasteiger partial charge in [-0.25, -0.2) is 0 Å². The van der Waals surface area contributed by atoms with Crippen LogP contribution in [-0.2, 0) is 13.5 Å². The molecule has 1 N–H and O–H groups in total. The number of aromatic nitrogens is 2. The summed E-state index contributed by atoms with van der Waals surface area (Å²) in [6, 6.07) is 2.74. The highest BCUT2D eigenvalue weighted by Crippen LogP contribution is 2.33.